The second-order valence-corrected chi connectivity index (χ2v) is 6.12. The molecule has 1 saturated carbocycles. The Bertz CT molecular complexity index is 608. The molecule has 4 atom stereocenters. The zero-order chi connectivity index (χ0) is 17.3. The van der Waals surface area contributed by atoms with Crippen LogP contribution < -0.4 is 15.4 Å². The number of hydrogen-bond acceptors (Lipinski definition) is 3. The number of benzene rings is 1. The second kappa shape index (κ2) is 6.51. The molecule has 0 bridgehead atoms. The molecule has 0 radical (unpaired) electrons. The van der Waals surface area contributed by atoms with Crippen LogP contribution in [0, 0.1) is 0 Å². The lowest BCUT2D eigenvalue weighted by atomic mass is 10.1. The molecule has 1 aromatic rings. The number of halogens is 3. The quantitative estimate of drug-likeness (QED) is 0.883. The Morgan fingerprint density at radius 2 is 1.96 bits per heavy atom. The summed E-state index contributed by atoms with van der Waals surface area (Å²) in [5.74, 6) is -0.385. The standard InChI is InChI=1S/C16H19F3N2O3/c1-9-12(6-7-23-9)20-15(22)21-13-8-11(13)10-4-2-3-5-14(10)24-16(17,18)19/h2-5,9,11-13H,6-8H2,1H3,(H2,20,21,22). The van der Waals surface area contributed by atoms with Crippen LogP contribution >= 0.6 is 0 Å². The number of para-hydroxylation sites is 1. The average molecular weight is 344 g/mol. The van der Waals surface area contributed by atoms with Gasteiger partial charge in [-0.15, -0.1) is 13.2 Å². The van der Waals surface area contributed by atoms with Crippen LogP contribution in [0.2, 0.25) is 0 Å². The highest BCUT2D eigenvalue weighted by atomic mass is 19.4. The van der Waals surface area contributed by atoms with Crippen LogP contribution in [0.15, 0.2) is 24.3 Å². The van der Waals surface area contributed by atoms with Gasteiger partial charge in [-0.05, 0) is 31.4 Å². The van der Waals surface area contributed by atoms with E-state index in [-0.39, 0.29) is 35.9 Å². The molecule has 3 rings (SSSR count). The molecule has 2 aliphatic rings. The van der Waals surface area contributed by atoms with Gasteiger partial charge in [0.15, 0.2) is 0 Å². The fraction of sp³-hybridized carbons (Fsp3) is 0.562. The zero-order valence-corrected chi connectivity index (χ0v) is 13.1. The Kier molecular flexibility index (Phi) is 4.58. The minimum Gasteiger partial charge on any atom is -0.405 e. The molecule has 2 fully saturated rings. The van der Waals surface area contributed by atoms with Crippen molar-refractivity contribution in [3.05, 3.63) is 29.8 Å². The first-order chi connectivity index (χ1) is 11.3. The van der Waals surface area contributed by atoms with Gasteiger partial charge in [0.05, 0.1) is 12.1 Å². The number of hydrogen-bond donors (Lipinski definition) is 2. The number of carbonyl (C=O) groups excluding carboxylic acids is 1. The number of nitrogens with one attached hydrogen (secondary N) is 2. The van der Waals surface area contributed by atoms with Gasteiger partial charge in [-0.1, -0.05) is 18.2 Å². The molecule has 5 nitrogen and oxygen atoms in total. The zero-order valence-electron chi connectivity index (χ0n) is 13.1. The summed E-state index contributed by atoms with van der Waals surface area (Å²) in [6.45, 7) is 2.50. The SMILES string of the molecule is CC1OCCC1NC(=O)NC1CC1c1ccccc1OC(F)(F)F. The van der Waals surface area contributed by atoms with E-state index in [0.29, 0.717) is 18.6 Å². The van der Waals surface area contributed by atoms with Crippen LogP contribution in [0.4, 0.5) is 18.0 Å². The minimum atomic E-state index is -4.73. The molecule has 132 valence electrons. The lowest BCUT2D eigenvalue weighted by Crippen LogP contribution is -2.45. The molecule has 1 aliphatic heterocycles. The third-order valence-electron chi connectivity index (χ3n) is 4.34. The fourth-order valence-electron chi connectivity index (χ4n) is 3.00. The summed E-state index contributed by atoms with van der Waals surface area (Å²) in [5.41, 5.74) is 0.456. The summed E-state index contributed by atoms with van der Waals surface area (Å²) in [4.78, 5) is 12.0. The molecule has 2 amide bonds. The minimum absolute atomic E-state index is 0.0355. The van der Waals surface area contributed by atoms with Crippen molar-refractivity contribution in [3.63, 3.8) is 0 Å². The maximum absolute atomic E-state index is 12.5. The van der Waals surface area contributed by atoms with Crippen molar-refractivity contribution in [3.8, 4) is 5.75 Å². The van der Waals surface area contributed by atoms with E-state index in [0.717, 1.165) is 6.42 Å². The van der Waals surface area contributed by atoms with Crippen LogP contribution in [-0.4, -0.2) is 37.2 Å². The molecule has 1 aromatic carbocycles. The molecule has 1 heterocycles. The first-order valence-corrected chi connectivity index (χ1v) is 7.87. The van der Waals surface area contributed by atoms with E-state index in [1.54, 1.807) is 12.1 Å². The van der Waals surface area contributed by atoms with Crippen molar-refractivity contribution in [2.45, 2.75) is 50.2 Å². The van der Waals surface area contributed by atoms with E-state index in [1.807, 2.05) is 6.92 Å². The number of urea groups is 1. The highest BCUT2D eigenvalue weighted by Crippen LogP contribution is 2.45. The Labute approximate surface area is 137 Å². The van der Waals surface area contributed by atoms with Crippen molar-refractivity contribution in [2.75, 3.05) is 6.61 Å². The van der Waals surface area contributed by atoms with Gasteiger partial charge < -0.3 is 20.1 Å². The van der Waals surface area contributed by atoms with Crippen molar-refractivity contribution < 1.29 is 27.4 Å². The first kappa shape index (κ1) is 16.9. The summed E-state index contributed by atoms with van der Waals surface area (Å²) in [7, 11) is 0. The smallest absolute Gasteiger partial charge is 0.405 e. The first-order valence-electron chi connectivity index (χ1n) is 7.87. The Hall–Kier alpha value is -1.96. The monoisotopic (exact) mass is 344 g/mol. The third kappa shape index (κ3) is 4.11. The summed E-state index contributed by atoms with van der Waals surface area (Å²) in [5, 5.41) is 5.64. The van der Waals surface area contributed by atoms with Gasteiger partial charge in [0.2, 0.25) is 0 Å². The van der Waals surface area contributed by atoms with E-state index in [1.165, 1.54) is 12.1 Å². The van der Waals surface area contributed by atoms with Gasteiger partial charge in [-0.3, -0.25) is 0 Å². The number of carbonyl (C=O) groups is 1. The fourth-order valence-corrected chi connectivity index (χ4v) is 3.00. The predicted octanol–water partition coefficient (Wildman–Crippen LogP) is 2.92. The van der Waals surface area contributed by atoms with Crippen LogP contribution in [0.3, 0.4) is 0 Å². The van der Waals surface area contributed by atoms with Gasteiger partial charge >= 0.3 is 12.4 Å². The molecule has 1 aliphatic carbocycles. The van der Waals surface area contributed by atoms with E-state index >= 15 is 0 Å². The average Bonchev–Trinajstić information content (AvgIpc) is 3.12. The largest absolute Gasteiger partial charge is 0.573 e. The molecule has 1 saturated heterocycles. The Morgan fingerprint density at radius 3 is 2.62 bits per heavy atom. The number of alkyl halides is 3. The molecule has 0 aromatic heterocycles. The van der Waals surface area contributed by atoms with Gasteiger partial charge in [-0.2, -0.15) is 0 Å². The summed E-state index contributed by atoms with van der Waals surface area (Å²) in [6.07, 6.45) is -3.43. The number of ether oxygens (including phenoxy) is 2. The Morgan fingerprint density at radius 1 is 1.25 bits per heavy atom. The maximum atomic E-state index is 12.5. The summed E-state index contributed by atoms with van der Waals surface area (Å²) in [6, 6.07) is 5.48. The molecule has 0 spiro atoms. The highest BCUT2D eigenvalue weighted by Gasteiger charge is 2.43. The Balaban J connectivity index is 1.56. The molecule has 8 heteroatoms. The van der Waals surface area contributed by atoms with Crippen LogP contribution in [0.5, 0.6) is 5.75 Å². The van der Waals surface area contributed by atoms with Crippen molar-refractivity contribution >= 4 is 6.03 Å². The topological polar surface area (TPSA) is 59.6 Å². The van der Waals surface area contributed by atoms with Crippen LogP contribution in [-0.2, 0) is 4.74 Å². The van der Waals surface area contributed by atoms with Gasteiger partial charge in [0.25, 0.3) is 0 Å². The van der Waals surface area contributed by atoms with E-state index < -0.39 is 6.36 Å². The second-order valence-electron chi connectivity index (χ2n) is 6.12. The number of amides is 2. The summed E-state index contributed by atoms with van der Waals surface area (Å²) >= 11 is 0. The lowest BCUT2D eigenvalue weighted by Gasteiger charge is -2.17. The molecular formula is C16H19F3N2O3. The summed E-state index contributed by atoms with van der Waals surface area (Å²) < 4.78 is 46.8. The van der Waals surface area contributed by atoms with Gasteiger partial charge in [-0.25, -0.2) is 4.79 Å². The lowest BCUT2D eigenvalue weighted by molar-refractivity contribution is -0.274. The highest BCUT2D eigenvalue weighted by molar-refractivity contribution is 5.75. The normalized spacial score (nSPS) is 29.2. The molecule has 24 heavy (non-hydrogen) atoms. The van der Waals surface area contributed by atoms with Crippen molar-refractivity contribution in [1.29, 1.82) is 0 Å². The van der Waals surface area contributed by atoms with Crippen LogP contribution in [0.25, 0.3) is 0 Å². The van der Waals surface area contributed by atoms with Crippen molar-refractivity contribution in [1.82, 2.24) is 10.6 Å². The molecular weight excluding hydrogens is 325 g/mol. The van der Waals surface area contributed by atoms with Gasteiger partial charge in [0, 0.05) is 18.6 Å². The van der Waals surface area contributed by atoms with Crippen LogP contribution in [0.1, 0.15) is 31.2 Å². The van der Waals surface area contributed by atoms with E-state index in [9.17, 15) is 18.0 Å². The molecule has 4 unspecified atom stereocenters. The predicted molar refractivity (Wildman–Crippen MR) is 79.8 cm³/mol. The third-order valence-corrected chi connectivity index (χ3v) is 4.34. The maximum Gasteiger partial charge on any atom is 0.573 e. The van der Waals surface area contributed by atoms with Gasteiger partial charge in [0.1, 0.15) is 5.75 Å². The number of rotatable bonds is 4. The molecule has 2 N–H and O–H groups in total. The van der Waals surface area contributed by atoms with E-state index in [2.05, 4.69) is 15.4 Å². The van der Waals surface area contributed by atoms with Crippen molar-refractivity contribution in [2.24, 2.45) is 0 Å². The van der Waals surface area contributed by atoms with E-state index in [4.69, 9.17) is 4.74 Å².